The smallest absolute Gasteiger partial charge is 0.270 e. The summed E-state index contributed by atoms with van der Waals surface area (Å²) in [5.41, 5.74) is 3.78. The van der Waals surface area contributed by atoms with Crippen LogP contribution in [0.2, 0.25) is 5.02 Å². The van der Waals surface area contributed by atoms with Gasteiger partial charge < -0.3 is 19.5 Å². The van der Waals surface area contributed by atoms with Crippen molar-refractivity contribution in [3.05, 3.63) is 57.6 Å². The maximum atomic E-state index is 13.4. The summed E-state index contributed by atoms with van der Waals surface area (Å²) in [6.45, 7) is 6.17. The van der Waals surface area contributed by atoms with Crippen molar-refractivity contribution in [2.24, 2.45) is 0 Å². The lowest BCUT2D eigenvalue weighted by atomic mass is 10.0. The highest BCUT2D eigenvalue weighted by molar-refractivity contribution is 6.31. The van der Waals surface area contributed by atoms with Gasteiger partial charge in [0, 0.05) is 42.9 Å². The second-order valence-corrected chi connectivity index (χ2v) is 8.12. The number of fused-ring (bicyclic) bond motifs is 1. The maximum Gasteiger partial charge on any atom is 0.270 e. The molecule has 0 bridgehead atoms. The Hall–Kier alpha value is -1.89. The van der Waals surface area contributed by atoms with Crippen LogP contribution >= 0.6 is 11.6 Å². The summed E-state index contributed by atoms with van der Waals surface area (Å²) >= 11 is 6.26. The highest BCUT2D eigenvalue weighted by Gasteiger charge is 2.27. The Morgan fingerprint density at radius 3 is 2.79 bits per heavy atom. The van der Waals surface area contributed by atoms with Gasteiger partial charge in [0.25, 0.3) is 5.91 Å². The van der Waals surface area contributed by atoms with Crippen LogP contribution in [0.1, 0.15) is 59.5 Å². The second kappa shape index (κ2) is 8.86. The first-order valence-corrected chi connectivity index (χ1v) is 10.7. The molecule has 2 aliphatic rings. The number of carbonyl (C=O) groups excluding carboxylic acids is 1. The van der Waals surface area contributed by atoms with Crippen molar-refractivity contribution >= 4 is 17.5 Å². The van der Waals surface area contributed by atoms with Gasteiger partial charge in [-0.3, -0.25) is 4.79 Å². The highest BCUT2D eigenvalue weighted by atomic mass is 35.5. The molecule has 156 valence electrons. The summed E-state index contributed by atoms with van der Waals surface area (Å²) in [7, 11) is 0. The topological polar surface area (TPSA) is 46.5 Å². The number of halogens is 2. The molecule has 1 aromatic carbocycles. The molecule has 4 rings (SSSR count). The van der Waals surface area contributed by atoms with Gasteiger partial charge >= 0.3 is 0 Å². The number of benzene rings is 1. The molecule has 2 aliphatic heterocycles. The van der Waals surface area contributed by atoms with E-state index in [1.165, 1.54) is 12.1 Å². The Morgan fingerprint density at radius 1 is 1.28 bits per heavy atom. The van der Waals surface area contributed by atoms with Crippen LogP contribution in [0, 0.1) is 5.82 Å². The van der Waals surface area contributed by atoms with Gasteiger partial charge in [-0.25, -0.2) is 4.39 Å². The third-order valence-electron chi connectivity index (χ3n) is 5.89. The van der Waals surface area contributed by atoms with Crippen LogP contribution in [0.4, 0.5) is 4.39 Å². The SMILES string of the molecule is CC[C@@H](NCc1cc(C(=O)N2CCCC2)n2c1COCC2)c1ccc(F)cc1Cl. The van der Waals surface area contributed by atoms with Gasteiger partial charge in [0.1, 0.15) is 11.5 Å². The molecule has 29 heavy (non-hydrogen) atoms. The zero-order chi connectivity index (χ0) is 20.4. The first-order valence-electron chi connectivity index (χ1n) is 10.3. The van der Waals surface area contributed by atoms with Crippen molar-refractivity contribution in [3.63, 3.8) is 0 Å². The quantitative estimate of drug-likeness (QED) is 0.759. The fourth-order valence-electron chi connectivity index (χ4n) is 4.30. The standard InChI is InChI=1S/C22H27ClFN3O2/c1-2-19(17-6-5-16(24)12-18(17)23)25-13-15-11-20(22(28)26-7-3-4-8-26)27-9-10-29-14-21(15)27/h5-6,11-12,19,25H,2-4,7-10,13-14H2,1H3/t19-/m1/s1. The molecule has 2 aromatic rings. The Labute approximate surface area is 175 Å². The second-order valence-electron chi connectivity index (χ2n) is 7.71. The molecule has 1 atom stereocenters. The number of rotatable bonds is 6. The number of likely N-dealkylation sites (tertiary alicyclic amines) is 1. The van der Waals surface area contributed by atoms with E-state index in [2.05, 4.69) is 16.8 Å². The third-order valence-corrected chi connectivity index (χ3v) is 6.22. The number of carbonyl (C=O) groups is 1. The van der Waals surface area contributed by atoms with Gasteiger partial charge in [-0.1, -0.05) is 24.6 Å². The monoisotopic (exact) mass is 419 g/mol. The lowest BCUT2D eigenvalue weighted by Gasteiger charge is -2.22. The summed E-state index contributed by atoms with van der Waals surface area (Å²) in [5.74, 6) is -0.220. The lowest BCUT2D eigenvalue weighted by molar-refractivity contribution is 0.0721. The summed E-state index contributed by atoms with van der Waals surface area (Å²) in [5, 5.41) is 3.96. The summed E-state index contributed by atoms with van der Waals surface area (Å²) in [6, 6.07) is 6.53. The van der Waals surface area contributed by atoms with Crippen LogP contribution in [0.25, 0.3) is 0 Å². The number of hydrogen-bond acceptors (Lipinski definition) is 3. The largest absolute Gasteiger partial charge is 0.373 e. The van der Waals surface area contributed by atoms with Crippen molar-refractivity contribution < 1.29 is 13.9 Å². The van der Waals surface area contributed by atoms with Gasteiger partial charge in [0.05, 0.1) is 13.2 Å². The summed E-state index contributed by atoms with van der Waals surface area (Å²) in [6.07, 6.45) is 2.97. The highest BCUT2D eigenvalue weighted by Crippen LogP contribution is 2.28. The van der Waals surface area contributed by atoms with Gasteiger partial charge in [0.15, 0.2) is 0 Å². The molecule has 1 N–H and O–H groups in total. The number of hydrogen-bond donors (Lipinski definition) is 1. The predicted molar refractivity (Wildman–Crippen MR) is 111 cm³/mol. The van der Waals surface area contributed by atoms with Crippen LogP contribution < -0.4 is 5.32 Å². The van der Waals surface area contributed by atoms with Crippen LogP contribution in [-0.2, 0) is 24.4 Å². The van der Waals surface area contributed by atoms with E-state index in [9.17, 15) is 9.18 Å². The Morgan fingerprint density at radius 2 is 2.07 bits per heavy atom. The fourth-order valence-corrected chi connectivity index (χ4v) is 4.60. The van der Waals surface area contributed by atoms with Gasteiger partial charge in [-0.05, 0) is 48.6 Å². The van der Waals surface area contributed by atoms with E-state index >= 15 is 0 Å². The molecule has 7 heteroatoms. The normalized spacial score (nSPS) is 17.4. The molecule has 1 amide bonds. The first-order chi connectivity index (χ1) is 14.1. The van der Waals surface area contributed by atoms with E-state index < -0.39 is 0 Å². The number of nitrogens with zero attached hydrogens (tertiary/aromatic N) is 2. The molecule has 1 aromatic heterocycles. The number of nitrogens with one attached hydrogen (secondary N) is 1. The molecular formula is C22H27ClFN3O2. The van der Waals surface area contributed by atoms with E-state index in [0.717, 1.165) is 54.9 Å². The van der Waals surface area contributed by atoms with Crippen molar-refractivity contribution in [2.45, 2.75) is 51.9 Å². The summed E-state index contributed by atoms with van der Waals surface area (Å²) in [4.78, 5) is 15.0. The minimum Gasteiger partial charge on any atom is -0.373 e. The van der Waals surface area contributed by atoms with Crippen molar-refractivity contribution in [1.82, 2.24) is 14.8 Å². The van der Waals surface area contributed by atoms with E-state index in [1.54, 1.807) is 6.07 Å². The van der Waals surface area contributed by atoms with Crippen LogP contribution in [-0.4, -0.2) is 35.1 Å². The third kappa shape index (κ3) is 4.20. The van der Waals surface area contributed by atoms with Gasteiger partial charge in [-0.2, -0.15) is 0 Å². The van der Waals surface area contributed by atoms with Crippen molar-refractivity contribution in [2.75, 3.05) is 19.7 Å². The molecule has 0 radical (unpaired) electrons. The van der Waals surface area contributed by atoms with Crippen molar-refractivity contribution in [3.8, 4) is 0 Å². The fraction of sp³-hybridized carbons (Fsp3) is 0.500. The molecule has 0 aliphatic carbocycles. The van der Waals surface area contributed by atoms with Gasteiger partial charge in [0.2, 0.25) is 0 Å². The molecule has 0 unspecified atom stereocenters. The minimum atomic E-state index is -0.336. The van der Waals surface area contributed by atoms with E-state index in [-0.39, 0.29) is 17.8 Å². The molecule has 1 saturated heterocycles. The molecular weight excluding hydrogens is 393 g/mol. The first kappa shape index (κ1) is 20.4. The van der Waals surface area contributed by atoms with Crippen LogP contribution in [0.3, 0.4) is 0 Å². The molecule has 5 nitrogen and oxygen atoms in total. The minimum absolute atomic E-state index is 0.000826. The van der Waals surface area contributed by atoms with Crippen LogP contribution in [0.15, 0.2) is 24.3 Å². The predicted octanol–water partition coefficient (Wildman–Crippen LogP) is 4.29. The zero-order valence-electron chi connectivity index (χ0n) is 16.7. The van der Waals surface area contributed by atoms with Crippen LogP contribution in [0.5, 0.6) is 0 Å². The van der Waals surface area contributed by atoms with E-state index in [1.807, 2.05) is 11.0 Å². The molecule has 1 fully saturated rings. The zero-order valence-corrected chi connectivity index (χ0v) is 17.5. The molecule has 0 saturated carbocycles. The average molecular weight is 420 g/mol. The number of ether oxygens (including phenoxy) is 1. The summed E-state index contributed by atoms with van der Waals surface area (Å²) < 4.78 is 21.2. The van der Waals surface area contributed by atoms with Crippen molar-refractivity contribution in [1.29, 1.82) is 0 Å². The Kier molecular flexibility index (Phi) is 6.23. The number of amides is 1. The van der Waals surface area contributed by atoms with Gasteiger partial charge in [-0.15, -0.1) is 0 Å². The average Bonchev–Trinajstić information content (AvgIpc) is 3.38. The molecule has 0 spiro atoms. The molecule has 3 heterocycles. The Bertz CT molecular complexity index is 892. The Balaban J connectivity index is 1.55. The lowest BCUT2D eigenvalue weighted by Crippen LogP contribution is -2.31. The maximum absolute atomic E-state index is 13.4. The van der Waals surface area contributed by atoms with E-state index in [0.29, 0.717) is 31.3 Å². The number of aromatic nitrogens is 1. The van der Waals surface area contributed by atoms with E-state index in [4.69, 9.17) is 16.3 Å².